The van der Waals surface area contributed by atoms with Crippen LogP contribution in [0.5, 0.6) is 0 Å². The molecule has 2 aliphatic heterocycles. The highest BCUT2D eigenvalue weighted by Gasteiger charge is 2.42. The van der Waals surface area contributed by atoms with Gasteiger partial charge in [0.05, 0.1) is 28.3 Å². The molecule has 1 fully saturated rings. The number of amides is 1. The number of sulfonamides is 1. The molecule has 2 aliphatic rings. The summed E-state index contributed by atoms with van der Waals surface area (Å²) in [7, 11) is -3.79. The fourth-order valence-electron chi connectivity index (χ4n) is 5.32. The van der Waals surface area contributed by atoms with Crippen molar-refractivity contribution < 1.29 is 22.7 Å². The van der Waals surface area contributed by atoms with Gasteiger partial charge >= 0.3 is 0 Å². The fraction of sp³-hybridized carbons (Fsp3) is 0.464. The van der Waals surface area contributed by atoms with Crippen molar-refractivity contribution in [3.63, 3.8) is 0 Å². The number of ether oxygens (including phenoxy) is 1. The molecule has 5 rings (SSSR count). The number of nitrogens with zero attached hydrogens (tertiary/aromatic N) is 4. The molecule has 0 spiro atoms. The Balaban J connectivity index is 1.44. The van der Waals surface area contributed by atoms with Gasteiger partial charge < -0.3 is 10.1 Å². The maximum Gasteiger partial charge on any atom is 0.281 e. The zero-order valence-corrected chi connectivity index (χ0v) is 25.1. The molecule has 0 atom stereocenters. The number of anilines is 1. The molecule has 0 saturated carbocycles. The average molecular weight is 586 g/mol. The Kier molecular flexibility index (Phi) is 7.75. The molecule has 2 aromatic heterocycles. The van der Waals surface area contributed by atoms with Gasteiger partial charge in [0.2, 0.25) is 10.0 Å². The van der Waals surface area contributed by atoms with Crippen LogP contribution >= 0.6 is 11.3 Å². The normalized spacial score (nSPS) is 17.6. The molecule has 1 N–H and O–H groups in total. The maximum atomic E-state index is 13.8. The van der Waals surface area contributed by atoms with Crippen LogP contribution in [-0.2, 0) is 27.7 Å². The summed E-state index contributed by atoms with van der Waals surface area (Å²) in [6.45, 7) is 12.3. The van der Waals surface area contributed by atoms with Crippen molar-refractivity contribution in [1.82, 2.24) is 19.0 Å². The lowest BCUT2D eigenvalue weighted by molar-refractivity contribution is 0.0942. The molecule has 214 valence electrons. The zero-order valence-electron chi connectivity index (χ0n) is 23.5. The van der Waals surface area contributed by atoms with E-state index in [9.17, 15) is 18.0 Å². The number of carbonyl (C=O) groups is 2. The number of benzene rings is 1. The van der Waals surface area contributed by atoms with Gasteiger partial charge in [-0.1, -0.05) is 6.92 Å². The quantitative estimate of drug-likeness (QED) is 0.445. The van der Waals surface area contributed by atoms with Crippen LogP contribution in [0.2, 0.25) is 0 Å². The second-order valence-corrected chi connectivity index (χ2v) is 14.0. The first-order chi connectivity index (χ1) is 18.9. The molecular weight excluding hydrogens is 550 g/mol. The van der Waals surface area contributed by atoms with Gasteiger partial charge in [0.25, 0.3) is 11.8 Å². The van der Waals surface area contributed by atoms with E-state index in [4.69, 9.17) is 4.74 Å². The van der Waals surface area contributed by atoms with Gasteiger partial charge in [-0.25, -0.2) is 13.1 Å². The van der Waals surface area contributed by atoms with E-state index < -0.39 is 21.5 Å². The molecule has 1 saturated heterocycles. The smallest absolute Gasteiger partial charge is 0.281 e. The van der Waals surface area contributed by atoms with Gasteiger partial charge in [-0.3, -0.25) is 14.5 Å². The minimum Gasteiger partial charge on any atom is -0.363 e. The summed E-state index contributed by atoms with van der Waals surface area (Å²) in [5, 5.41) is 7.83. The Morgan fingerprint density at radius 1 is 1.18 bits per heavy atom. The molecule has 0 unspecified atom stereocenters. The lowest BCUT2D eigenvalue weighted by Gasteiger charge is -2.28. The number of hydrogen-bond donors (Lipinski definition) is 1. The average Bonchev–Trinajstić information content (AvgIpc) is 3.56. The van der Waals surface area contributed by atoms with Crippen LogP contribution in [0.3, 0.4) is 0 Å². The fourth-order valence-corrected chi connectivity index (χ4v) is 8.25. The van der Waals surface area contributed by atoms with Crippen molar-refractivity contribution in [2.75, 3.05) is 31.7 Å². The van der Waals surface area contributed by atoms with Crippen LogP contribution in [0, 0.1) is 13.8 Å². The summed E-state index contributed by atoms with van der Waals surface area (Å²) in [4.78, 5) is 30.6. The van der Waals surface area contributed by atoms with E-state index in [1.54, 1.807) is 0 Å². The second-order valence-electron chi connectivity index (χ2n) is 11.0. The summed E-state index contributed by atoms with van der Waals surface area (Å²) >= 11 is 1.42. The van der Waals surface area contributed by atoms with Crippen LogP contribution < -0.4 is 5.32 Å². The topological polar surface area (TPSA) is 114 Å². The SMILES string of the molecule is CCCN1CCc2c(sc(NC(=O)c3ccc(S(=O)(=O)N4COCC4(C)C)cc3)c2C(=O)n2nc(C)cc2C)C1. The Morgan fingerprint density at radius 3 is 2.50 bits per heavy atom. The Bertz CT molecular complexity index is 1560. The molecule has 0 radical (unpaired) electrons. The van der Waals surface area contributed by atoms with Crippen LogP contribution in [0.15, 0.2) is 35.2 Å². The van der Waals surface area contributed by atoms with Gasteiger partial charge in [-0.15, -0.1) is 11.3 Å². The molecule has 40 heavy (non-hydrogen) atoms. The van der Waals surface area contributed by atoms with Gasteiger partial charge in [-0.05, 0) is 83.0 Å². The standard InChI is InChI=1S/C28H35N5O5S2/c1-6-12-31-13-11-22-23(15-31)39-26(24(22)27(35)33-19(3)14-18(2)30-33)29-25(34)20-7-9-21(10-8-20)40(36,37)32-17-38-16-28(32,4)5/h7-10,14H,6,11-13,15-17H2,1-5H3,(H,29,34). The second kappa shape index (κ2) is 10.8. The maximum absolute atomic E-state index is 13.8. The highest BCUT2D eigenvalue weighted by Crippen LogP contribution is 2.38. The van der Waals surface area contributed by atoms with E-state index in [2.05, 4.69) is 22.2 Å². The van der Waals surface area contributed by atoms with E-state index in [1.807, 2.05) is 33.8 Å². The largest absolute Gasteiger partial charge is 0.363 e. The molecule has 12 heteroatoms. The monoisotopic (exact) mass is 585 g/mol. The first-order valence-electron chi connectivity index (χ1n) is 13.4. The van der Waals surface area contributed by atoms with Crippen molar-refractivity contribution >= 4 is 38.2 Å². The van der Waals surface area contributed by atoms with Crippen LogP contribution in [0.4, 0.5) is 5.00 Å². The minimum atomic E-state index is -3.79. The van der Waals surface area contributed by atoms with E-state index in [0.29, 0.717) is 29.2 Å². The van der Waals surface area contributed by atoms with Crippen LogP contribution in [0.1, 0.15) is 69.7 Å². The lowest BCUT2D eigenvalue weighted by Crippen LogP contribution is -2.44. The van der Waals surface area contributed by atoms with Crippen molar-refractivity contribution in [1.29, 1.82) is 0 Å². The Labute approximate surface area is 239 Å². The van der Waals surface area contributed by atoms with Crippen molar-refractivity contribution in [2.45, 2.75) is 64.4 Å². The Hall–Kier alpha value is -2.90. The highest BCUT2D eigenvalue weighted by atomic mass is 32.2. The number of carbonyl (C=O) groups excluding carboxylic acids is 2. The van der Waals surface area contributed by atoms with Crippen molar-refractivity contribution in [3.8, 4) is 0 Å². The molecule has 0 bridgehead atoms. The highest BCUT2D eigenvalue weighted by molar-refractivity contribution is 7.89. The summed E-state index contributed by atoms with van der Waals surface area (Å²) in [5.41, 5.74) is 2.54. The van der Waals surface area contributed by atoms with Crippen molar-refractivity contribution in [2.24, 2.45) is 0 Å². The predicted octanol–water partition coefficient (Wildman–Crippen LogP) is 4.03. The third kappa shape index (κ3) is 5.26. The van der Waals surface area contributed by atoms with Gasteiger partial charge in [0.15, 0.2) is 0 Å². The molecule has 1 aromatic carbocycles. The molecule has 3 aromatic rings. The minimum absolute atomic E-state index is 0.0116. The number of hydrogen-bond acceptors (Lipinski definition) is 8. The van der Waals surface area contributed by atoms with Crippen LogP contribution in [0.25, 0.3) is 0 Å². The number of fused-ring (bicyclic) bond motifs is 1. The van der Waals surface area contributed by atoms with E-state index >= 15 is 0 Å². The molecule has 10 nitrogen and oxygen atoms in total. The third-order valence-electron chi connectivity index (χ3n) is 7.36. The first-order valence-corrected chi connectivity index (χ1v) is 15.6. The summed E-state index contributed by atoms with van der Waals surface area (Å²) in [6.07, 6.45) is 1.75. The first kappa shape index (κ1) is 28.6. The number of nitrogens with one attached hydrogen (secondary N) is 1. The summed E-state index contributed by atoms with van der Waals surface area (Å²) in [5.74, 6) is -0.681. The lowest BCUT2D eigenvalue weighted by atomic mass is 10.0. The molecule has 1 amide bonds. The van der Waals surface area contributed by atoms with E-state index in [0.717, 1.165) is 47.9 Å². The predicted molar refractivity (Wildman–Crippen MR) is 153 cm³/mol. The van der Waals surface area contributed by atoms with Gasteiger partial charge in [0, 0.05) is 29.2 Å². The number of rotatable bonds is 7. The van der Waals surface area contributed by atoms with Gasteiger partial charge in [0.1, 0.15) is 11.7 Å². The molecule has 4 heterocycles. The molecule has 0 aliphatic carbocycles. The number of thiophene rings is 1. The van der Waals surface area contributed by atoms with E-state index in [1.165, 1.54) is 44.6 Å². The van der Waals surface area contributed by atoms with Gasteiger partial charge in [-0.2, -0.15) is 9.40 Å². The Morgan fingerprint density at radius 2 is 1.90 bits per heavy atom. The van der Waals surface area contributed by atoms with E-state index in [-0.39, 0.29) is 17.5 Å². The molecular formula is C28H35N5O5S2. The van der Waals surface area contributed by atoms with Crippen LogP contribution in [-0.4, -0.2) is 71.2 Å². The summed E-state index contributed by atoms with van der Waals surface area (Å²) < 4.78 is 34.5. The summed E-state index contributed by atoms with van der Waals surface area (Å²) in [6, 6.07) is 7.70. The number of aryl methyl sites for hydroxylation is 2. The number of aromatic nitrogens is 2. The van der Waals surface area contributed by atoms with Crippen molar-refractivity contribution in [3.05, 3.63) is 63.3 Å². The zero-order chi connectivity index (χ0) is 28.8. The third-order valence-corrected chi connectivity index (χ3v) is 10.5.